The van der Waals surface area contributed by atoms with E-state index in [1.807, 2.05) is 18.2 Å². The summed E-state index contributed by atoms with van der Waals surface area (Å²) in [7, 11) is 0. The lowest BCUT2D eigenvalue weighted by atomic mass is 10.2. The summed E-state index contributed by atoms with van der Waals surface area (Å²) in [6, 6.07) is 11.7. The number of benzene rings is 2. The Labute approximate surface area is 108 Å². The second-order valence-corrected chi connectivity index (χ2v) is 4.30. The zero-order valence-corrected chi connectivity index (χ0v) is 10.0. The van der Waals surface area contributed by atoms with E-state index in [0.29, 0.717) is 10.5 Å². The van der Waals surface area contributed by atoms with E-state index in [1.165, 1.54) is 12.1 Å². The van der Waals surface area contributed by atoms with Crippen LogP contribution in [0.2, 0.25) is 5.02 Å². The molecule has 3 rings (SSSR count). The molecule has 18 heavy (non-hydrogen) atoms. The maximum atomic E-state index is 13.1. The summed E-state index contributed by atoms with van der Waals surface area (Å²) in [5, 5.41) is 0.563. The summed E-state index contributed by atoms with van der Waals surface area (Å²) >= 11 is 6.14. The third-order valence-corrected chi connectivity index (χ3v) is 3.06. The number of anilines is 1. The van der Waals surface area contributed by atoms with Crippen LogP contribution in [0.15, 0.2) is 42.5 Å². The molecule has 0 radical (unpaired) electrons. The highest BCUT2D eigenvalue weighted by atomic mass is 35.5. The molecule has 5 heteroatoms. The SMILES string of the molecule is Nc1nc2cc(F)ccc2n1-c1ccccc1Cl. The van der Waals surface area contributed by atoms with Gasteiger partial charge in [-0.05, 0) is 24.3 Å². The first-order valence-corrected chi connectivity index (χ1v) is 5.73. The molecular weight excluding hydrogens is 253 g/mol. The molecule has 1 heterocycles. The minimum Gasteiger partial charge on any atom is -0.369 e. The smallest absolute Gasteiger partial charge is 0.205 e. The number of rotatable bonds is 1. The Balaban J connectivity index is 2.36. The molecule has 0 atom stereocenters. The summed E-state index contributed by atoms with van der Waals surface area (Å²) in [4.78, 5) is 4.13. The summed E-state index contributed by atoms with van der Waals surface area (Å²) in [5.74, 6) is -0.0602. The van der Waals surface area contributed by atoms with Crippen LogP contribution in [-0.2, 0) is 0 Å². The van der Waals surface area contributed by atoms with Gasteiger partial charge in [-0.25, -0.2) is 9.37 Å². The molecule has 0 bridgehead atoms. The molecule has 3 aromatic rings. The van der Waals surface area contributed by atoms with Crippen LogP contribution in [0.4, 0.5) is 10.3 Å². The molecule has 90 valence electrons. The van der Waals surface area contributed by atoms with Gasteiger partial charge in [0, 0.05) is 6.07 Å². The van der Waals surface area contributed by atoms with Crippen LogP contribution in [-0.4, -0.2) is 9.55 Å². The number of fused-ring (bicyclic) bond motifs is 1. The minimum absolute atomic E-state index is 0.281. The molecule has 0 unspecified atom stereocenters. The Bertz CT molecular complexity index is 736. The molecule has 3 nitrogen and oxygen atoms in total. The van der Waals surface area contributed by atoms with Gasteiger partial charge >= 0.3 is 0 Å². The maximum Gasteiger partial charge on any atom is 0.205 e. The number of aromatic nitrogens is 2. The van der Waals surface area contributed by atoms with Gasteiger partial charge in [-0.3, -0.25) is 4.57 Å². The van der Waals surface area contributed by atoms with Crippen molar-refractivity contribution in [2.45, 2.75) is 0 Å². The van der Waals surface area contributed by atoms with E-state index in [9.17, 15) is 4.39 Å². The molecule has 0 aliphatic rings. The lowest BCUT2D eigenvalue weighted by Gasteiger charge is -2.08. The zero-order chi connectivity index (χ0) is 12.7. The molecule has 0 saturated heterocycles. The first-order chi connectivity index (χ1) is 8.66. The highest BCUT2D eigenvalue weighted by molar-refractivity contribution is 6.32. The number of imidazole rings is 1. The van der Waals surface area contributed by atoms with E-state index in [-0.39, 0.29) is 11.8 Å². The van der Waals surface area contributed by atoms with E-state index < -0.39 is 0 Å². The summed E-state index contributed by atoms with van der Waals surface area (Å²) < 4.78 is 14.8. The molecular formula is C13H9ClFN3. The number of nitrogens with zero attached hydrogens (tertiary/aromatic N) is 2. The first-order valence-electron chi connectivity index (χ1n) is 5.35. The van der Waals surface area contributed by atoms with Crippen molar-refractivity contribution in [2.75, 3.05) is 5.73 Å². The molecule has 0 aliphatic carbocycles. The van der Waals surface area contributed by atoms with Gasteiger partial charge in [0.15, 0.2) is 0 Å². The molecule has 0 spiro atoms. The van der Waals surface area contributed by atoms with Gasteiger partial charge in [0.25, 0.3) is 0 Å². The van der Waals surface area contributed by atoms with Crippen molar-refractivity contribution in [3.63, 3.8) is 0 Å². The second-order valence-electron chi connectivity index (χ2n) is 3.89. The van der Waals surface area contributed by atoms with E-state index in [4.69, 9.17) is 17.3 Å². The van der Waals surface area contributed by atoms with E-state index >= 15 is 0 Å². The lowest BCUT2D eigenvalue weighted by Crippen LogP contribution is -2.00. The van der Waals surface area contributed by atoms with Crippen LogP contribution in [0.5, 0.6) is 0 Å². The highest BCUT2D eigenvalue weighted by Crippen LogP contribution is 2.27. The van der Waals surface area contributed by atoms with Crippen molar-refractivity contribution >= 4 is 28.6 Å². The van der Waals surface area contributed by atoms with Gasteiger partial charge in [-0.2, -0.15) is 0 Å². The first kappa shape index (κ1) is 11.0. The minimum atomic E-state index is -0.341. The molecule has 1 aromatic heterocycles. The summed E-state index contributed by atoms with van der Waals surface area (Å²) in [6.45, 7) is 0. The number of halogens is 2. The number of nitrogens with two attached hydrogens (primary N) is 1. The van der Waals surface area contributed by atoms with E-state index in [1.54, 1.807) is 16.7 Å². The molecule has 0 amide bonds. The van der Waals surface area contributed by atoms with Crippen molar-refractivity contribution in [3.8, 4) is 5.69 Å². The monoisotopic (exact) mass is 261 g/mol. The second kappa shape index (κ2) is 3.99. The molecule has 0 saturated carbocycles. The highest BCUT2D eigenvalue weighted by Gasteiger charge is 2.12. The Morgan fingerprint density at radius 1 is 1.17 bits per heavy atom. The van der Waals surface area contributed by atoms with Gasteiger partial charge in [0.1, 0.15) is 5.82 Å². The molecule has 2 aromatic carbocycles. The van der Waals surface area contributed by atoms with Crippen molar-refractivity contribution in [1.82, 2.24) is 9.55 Å². The normalized spacial score (nSPS) is 11.0. The van der Waals surface area contributed by atoms with Crippen molar-refractivity contribution < 1.29 is 4.39 Å². The number of hydrogen-bond acceptors (Lipinski definition) is 2. The number of nitrogen functional groups attached to an aromatic ring is 1. The quantitative estimate of drug-likeness (QED) is 0.730. The molecule has 0 aliphatic heterocycles. The number of hydrogen-bond donors (Lipinski definition) is 1. The topological polar surface area (TPSA) is 43.8 Å². The Hall–Kier alpha value is -2.07. The Morgan fingerprint density at radius 2 is 1.94 bits per heavy atom. The zero-order valence-electron chi connectivity index (χ0n) is 9.27. The van der Waals surface area contributed by atoms with Crippen LogP contribution in [0.25, 0.3) is 16.7 Å². The predicted octanol–water partition coefficient (Wildman–Crippen LogP) is 3.40. The van der Waals surface area contributed by atoms with Crippen LogP contribution in [0, 0.1) is 5.82 Å². The molecule has 2 N–H and O–H groups in total. The van der Waals surface area contributed by atoms with Crippen LogP contribution >= 0.6 is 11.6 Å². The van der Waals surface area contributed by atoms with Gasteiger partial charge in [-0.15, -0.1) is 0 Å². The van der Waals surface area contributed by atoms with Crippen molar-refractivity contribution in [3.05, 3.63) is 53.3 Å². The van der Waals surface area contributed by atoms with Crippen LogP contribution in [0.1, 0.15) is 0 Å². The Morgan fingerprint density at radius 3 is 2.72 bits per heavy atom. The average Bonchev–Trinajstić information content (AvgIpc) is 2.65. The van der Waals surface area contributed by atoms with Gasteiger partial charge in [0.2, 0.25) is 5.95 Å². The van der Waals surface area contributed by atoms with E-state index in [2.05, 4.69) is 4.98 Å². The van der Waals surface area contributed by atoms with Crippen molar-refractivity contribution in [2.24, 2.45) is 0 Å². The average molecular weight is 262 g/mol. The van der Waals surface area contributed by atoms with Gasteiger partial charge < -0.3 is 5.73 Å². The fourth-order valence-corrected chi connectivity index (χ4v) is 2.18. The number of para-hydroxylation sites is 1. The van der Waals surface area contributed by atoms with Crippen molar-refractivity contribution in [1.29, 1.82) is 0 Å². The predicted molar refractivity (Wildman–Crippen MR) is 70.5 cm³/mol. The largest absolute Gasteiger partial charge is 0.369 e. The third kappa shape index (κ3) is 1.62. The summed E-state index contributed by atoms with van der Waals surface area (Å²) in [5.41, 5.74) is 7.83. The van der Waals surface area contributed by atoms with Gasteiger partial charge in [-0.1, -0.05) is 23.7 Å². The maximum absolute atomic E-state index is 13.1. The van der Waals surface area contributed by atoms with Crippen LogP contribution in [0.3, 0.4) is 0 Å². The van der Waals surface area contributed by atoms with Crippen LogP contribution < -0.4 is 5.73 Å². The fraction of sp³-hybridized carbons (Fsp3) is 0. The molecule has 0 fully saturated rings. The van der Waals surface area contributed by atoms with E-state index in [0.717, 1.165) is 11.2 Å². The summed E-state index contributed by atoms with van der Waals surface area (Å²) in [6.07, 6.45) is 0. The Kier molecular flexibility index (Phi) is 2.45. The lowest BCUT2D eigenvalue weighted by molar-refractivity contribution is 0.629. The fourth-order valence-electron chi connectivity index (χ4n) is 1.96. The standard InChI is InChI=1S/C13H9ClFN3/c14-9-3-1-2-4-11(9)18-12-6-5-8(15)7-10(12)17-13(18)16/h1-7H,(H2,16,17). The van der Waals surface area contributed by atoms with Gasteiger partial charge in [0.05, 0.1) is 21.7 Å². The third-order valence-electron chi connectivity index (χ3n) is 2.74.